The molecule has 1 atom stereocenters. The number of benzene rings is 1. The first-order valence-corrected chi connectivity index (χ1v) is 7.48. The highest BCUT2D eigenvalue weighted by Crippen LogP contribution is 2.21. The second-order valence-electron chi connectivity index (χ2n) is 6.04. The molecular formula is C17H27N. The Hall–Kier alpha value is -0.820. The van der Waals surface area contributed by atoms with Gasteiger partial charge in [-0.15, -0.1) is 0 Å². The Kier molecular flexibility index (Phi) is 4.82. The van der Waals surface area contributed by atoms with Crippen LogP contribution in [0.2, 0.25) is 0 Å². The van der Waals surface area contributed by atoms with Gasteiger partial charge in [0.2, 0.25) is 0 Å². The van der Waals surface area contributed by atoms with Crippen LogP contribution in [0.3, 0.4) is 0 Å². The van der Waals surface area contributed by atoms with Gasteiger partial charge in [0.1, 0.15) is 0 Å². The average Bonchev–Trinajstić information content (AvgIpc) is 3.08. The SMILES string of the molecule is CCCC(CNC1CC1)Cc1cc(C)cc(C)c1. The van der Waals surface area contributed by atoms with Crippen molar-refractivity contribution in [1.82, 2.24) is 5.32 Å². The summed E-state index contributed by atoms with van der Waals surface area (Å²) in [6.07, 6.45) is 6.65. The highest BCUT2D eigenvalue weighted by atomic mass is 14.9. The molecule has 0 saturated heterocycles. The molecule has 0 spiro atoms. The fraction of sp³-hybridized carbons (Fsp3) is 0.647. The molecule has 1 nitrogen and oxygen atoms in total. The van der Waals surface area contributed by atoms with Crippen LogP contribution in [0.5, 0.6) is 0 Å². The quantitative estimate of drug-likeness (QED) is 0.765. The van der Waals surface area contributed by atoms with E-state index < -0.39 is 0 Å². The maximum Gasteiger partial charge on any atom is 0.00683 e. The number of hydrogen-bond acceptors (Lipinski definition) is 1. The fourth-order valence-electron chi connectivity index (χ4n) is 2.83. The number of rotatable bonds is 7. The molecule has 2 rings (SSSR count). The molecule has 100 valence electrons. The summed E-state index contributed by atoms with van der Waals surface area (Å²) in [5.41, 5.74) is 4.31. The predicted molar refractivity (Wildman–Crippen MR) is 79.0 cm³/mol. The second kappa shape index (κ2) is 6.38. The maximum atomic E-state index is 3.69. The maximum absolute atomic E-state index is 3.69. The summed E-state index contributed by atoms with van der Waals surface area (Å²) in [5.74, 6) is 0.803. The van der Waals surface area contributed by atoms with Gasteiger partial charge in [-0.3, -0.25) is 0 Å². The summed E-state index contributed by atoms with van der Waals surface area (Å²) >= 11 is 0. The Morgan fingerprint density at radius 1 is 1.17 bits per heavy atom. The van der Waals surface area contributed by atoms with Gasteiger partial charge in [-0.25, -0.2) is 0 Å². The number of hydrogen-bond donors (Lipinski definition) is 1. The molecule has 1 N–H and O–H groups in total. The van der Waals surface area contributed by atoms with E-state index in [1.54, 1.807) is 0 Å². The van der Waals surface area contributed by atoms with Crippen LogP contribution < -0.4 is 5.32 Å². The molecule has 1 aromatic carbocycles. The lowest BCUT2D eigenvalue weighted by Crippen LogP contribution is -2.26. The smallest absolute Gasteiger partial charge is 0.00683 e. The Balaban J connectivity index is 1.92. The lowest BCUT2D eigenvalue weighted by molar-refractivity contribution is 0.437. The molecule has 0 heterocycles. The van der Waals surface area contributed by atoms with Crippen molar-refractivity contribution < 1.29 is 0 Å². The number of nitrogens with one attached hydrogen (secondary N) is 1. The van der Waals surface area contributed by atoms with E-state index in [1.165, 1.54) is 55.3 Å². The third-order valence-electron chi connectivity index (χ3n) is 3.78. The largest absolute Gasteiger partial charge is 0.314 e. The van der Waals surface area contributed by atoms with E-state index >= 15 is 0 Å². The minimum atomic E-state index is 0.803. The lowest BCUT2D eigenvalue weighted by Gasteiger charge is -2.17. The molecule has 0 aromatic heterocycles. The van der Waals surface area contributed by atoms with Crippen LogP contribution in [-0.4, -0.2) is 12.6 Å². The highest BCUT2D eigenvalue weighted by Gasteiger charge is 2.21. The summed E-state index contributed by atoms with van der Waals surface area (Å²) < 4.78 is 0. The van der Waals surface area contributed by atoms with Gasteiger partial charge in [0.25, 0.3) is 0 Å². The average molecular weight is 245 g/mol. The van der Waals surface area contributed by atoms with Crippen molar-refractivity contribution in [3.63, 3.8) is 0 Å². The minimum Gasteiger partial charge on any atom is -0.314 e. The zero-order valence-electron chi connectivity index (χ0n) is 12.1. The first-order chi connectivity index (χ1) is 8.67. The van der Waals surface area contributed by atoms with E-state index in [4.69, 9.17) is 0 Å². The van der Waals surface area contributed by atoms with Crippen molar-refractivity contribution in [3.05, 3.63) is 34.9 Å². The predicted octanol–water partition coefficient (Wildman–Crippen LogP) is 4.01. The van der Waals surface area contributed by atoms with Gasteiger partial charge in [0, 0.05) is 6.04 Å². The Labute approximate surface area is 112 Å². The Bertz CT molecular complexity index is 359. The molecule has 1 saturated carbocycles. The van der Waals surface area contributed by atoms with Crippen LogP contribution in [0.25, 0.3) is 0 Å². The lowest BCUT2D eigenvalue weighted by atomic mass is 9.93. The molecule has 1 fully saturated rings. The third kappa shape index (κ3) is 4.45. The topological polar surface area (TPSA) is 12.0 Å². The van der Waals surface area contributed by atoms with Gasteiger partial charge in [0.15, 0.2) is 0 Å². The van der Waals surface area contributed by atoms with Gasteiger partial charge in [-0.2, -0.15) is 0 Å². The van der Waals surface area contributed by atoms with Crippen LogP contribution >= 0.6 is 0 Å². The highest BCUT2D eigenvalue weighted by molar-refractivity contribution is 5.28. The summed E-state index contributed by atoms with van der Waals surface area (Å²) in [6, 6.07) is 7.81. The first kappa shape index (κ1) is 13.6. The molecule has 1 heteroatoms. The van der Waals surface area contributed by atoms with Crippen molar-refractivity contribution in [1.29, 1.82) is 0 Å². The van der Waals surface area contributed by atoms with E-state index in [1.807, 2.05) is 0 Å². The van der Waals surface area contributed by atoms with Gasteiger partial charge < -0.3 is 5.32 Å². The molecular weight excluding hydrogens is 218 g/mol. The van der Waals surface area contributed by atoms with Crippen LogP contribution in [0, 0.1) is 19.8 Å². The van der Waals surface area contributed by atoms with E-state index in [9.17, 15) is 0 Å². The van der Waals surface area contributed by atoms with E-state index in [-0.39, 0.29) is 0 Å². The summed E-state index contributed by atoms with van der Waals surface area (Å²) in [7, 11) is 0. The van der Waals surface area contributed by atoms with Crippen LogP contribution in [0.15, 0.2) is 18.2 Å². The summed E-state index contributed by atoms with van der Waals surface area (Å²) in [4.78, 5) is 0. The molecule has 0 aliphatic heterocycles. The van der Waals surface area contributed by atoms with E-state index in [2.05, 4.69) is 44.3 Å². The van der Waals surface area contributed by atoms with Gasteiger partial charge in [-0.05, 0) is 57.6 Å². The molecule has 0 bridgehead atoms. The zero-order valence-corrected chi connectivity index (χ0v) is 12.1. The third-order valence-corrected chi connectivity index (χ3v) is 3.78. The van der Waals surface area contributed by atoms with E-state index in [0.29, 0.717) is 0 Å². The zero-order chi connectivity index (χ0) is 13.0. The van der Waals surface area contributed by atoms with Gasteiger partial charge in [0.05, 0.1) is 0 Å². The standard InChI is InChI=1S/C17H27N/c1-4-5-15(12-18-17-6-7-17)11-16-9-13(2)8-14(3)10-16/h8-10,15,17-18H,4-7,11-12H2,1-3H3. The van der Waals surface area contributed by atoms with Gasteiger partial charge >= 0.3 is 0 Å². The number of aryl methyl sites for hydroxylation is 2. The molecule has 0 amide bonds. The van der Waals surface area contributed by atoms with E-state index in [0.717, 1.165) is 12.0 Å². The summed E-state index contributed by atoms with van der Waals surface area (Å²) in [5, 5.41) is 3.69. The molecule has 1 aliphatic carbocycles. The van der Waals surface area contributed by atoms with Crippen molar-refractivity contribution in [3.8, 4) is 0 Å². The van der Waals surface area contributed by atoms with Crippen molar-refractivity contribution in [2.45, 2.75) is 58.9 Å². The van der Waals surface area contributed by atoms with Crippen molar-refractivity contribution in [2.75, 3.05) is 6.54 Å². The fourth-order valence-corrected chi connectivity index (χ4v) is 2.83. The Morgan fingerprint density at radius 2 is 1.83 bits per heavy atom. The second-order valence-corrected chi connectivity index (χ2v) is 6.04. The molecule has 18 heavy (non-hydrogen) atoms. The molecule has 1 aromatic rings. The first-order valence-electron chi connectivity index (χ1n) is 7.48. The van der Waals surface area contributed by atoms with Crippen LogP contribution in [-0.2, 0) is 6.42 Å². The minimum absolute atomic E-state index is 0.803. The molecule has 1 aliphatic rings. The van der Waals surface area contributed by atoms with Crippen LogP contribution in [0.4, 0.5) is 0 Å². The monoisotopic (exact) mass is 245 g/mol. The van der Waals surface area contributed by atoms with Gasteiger partial charge in [-0.1, -0.05) is 42.7 Å². The Morgan fingerprint density at radius 3 is 2.39 bits per heavy atom. The van der Waals surface area contributed by atoms with Crippen molar-refractivity contribution >= 4 is 0 Å². The van der Waals surface area contributed by atoms with Crippen molar-refractivity contribution in [2.24, 2.45) is 5.92 Å². The van der Waals surface area contributed by atoms with Crippen LogP contribution in [0.1, 0.15) is 49.3 Å². The molecule has 0 radical (unpaired) electrons. The normalized spacial score (nSPS) is 16.8. The molecule has 1 unspecified atom stereocenters. The summed E-state index contributed by atoms with van der Waals surface area (Å²) in [6.45, 7) is 7.90.